The Bertz CT molecular complexity index is 256. The van der Waals surface area contributed by atoms with E-state index in [1.54, 1.807) is 7.11 Å². The topological polar surface area (TPSA) is 75.6 Å². The number of aliphatic hydroxyl groups excluding tert-OH is 1. The third-order valence-electron chi connectivity index (χ3n) is 2.04. The van der Waals surface area contributed by atoms with Crippen molar-refractivity contribution in [1.29, 1.82) is 0 Å². The van der Waals surface area contributed by atoms with Crippen LogP contribution in [0.5, 0.6) is 0 Å². The summed E-state index contributed by atoms with van der Waals surface area (Å²) in [6.45, 7) is 1.08. The molecule has 0 saturated carbocycles. The second-order valence-electron chi connectivity index (χ2n) is 3.20. The Kier molecular flexibility index (Phi) is 5.92. The van der Waals surface area contributed by atoms with Gasteiger partial charge in [0.05, 0.1) is 24.2 Å². The monoisotopic (exact) mass is 245 g/mol. The summed E-state index contributed by atoms with van der Waals surface area (Å²) in [6.07, 6.45) is -0.776. The van der Waals surface area contributed by atoms with Gasteiger partial charge in [0.2, 0.25) is 0 Å². The molecule has 1 fully saturated rings. The lowest BCUT2D eigenvalue weighted by atomic mass is 10.2. The molecule has 1 rings (SSSR count). The standard InChI is InChI=1S/C7H15NO4S.ClH/c1-12-3-2-8-6-4-13(10,11)5-7(6)9;/h6-9H,2-5H2,1H3;1H. The lowest BCUT2D eigenvalue weighted by Gasteiger charge is -2.13. The molecule has 1 aliphatic rings. The molecule has 0 aromatic rings. The molecule has 1 aliphatic heterocycles. The second-order valence-corrected chi connectivity index (χ2v) is 5.35. The van der Waals surface area contributed by atoms with Crippen molar-refractivity contribution < 1.29 is 18.3 Å². The number of rotatable bonds is 4. The first-order valence-corrected chi connectivity index (χ1v) is 5.98. The first-order valence-electron chi connectivity index (χ1n) is 4.16. The maximum Gasteiger partial charge on any atom is 0.154 e. The largest absolute Gasteiger partial charge is 0.390 e. The molecule has 0 aromatic heterocycles. The molecular formula is C7H16ClNO4S. The van der Waals surface area contributed by atoms with Crippen molar-refractivity contribution in [3.8, 4) is 0 Å². The molecule has 0 spiro atoms. The average Bonchev–Trinajstić information content (AvgIpc) is 2.25. The Morgan fingerprint density at radius 3 is 2.57 bits per heavy atom. The fraction of sp³-hybridized carbons (Fsp3) is 1.00. The van der Waals surface area contributed by atoms with E-state index in [0.29, 0.717) is 13.2 Å². The third-order valence-corrected chi connectivity index (χ3v) is 3.75. The normalized spacial score (nSPS) is 29.9. The lowest BCUT2D eigenvalue weighted by Crippen LogP contribution is -2.40. The summed E-state index contributed by atoms with van der Waals surface area (Å²) in [5.74, 6) is -0.102. The van der Waals surface area contributed by atoms with Crippen LogP contribution in [0.1, 0.15) is 0 Å². The Hall–Kier alpha value is 0.120. The zero-order chi connectivity index (χ0) is 9.90. The molecule has 1 heterocycles. The fourth-order valence-electron chi connectivity index (χ4n) is 1.37. The van der Waals surface area contributed by atoms with Crippen molar-refractivity contribution in [2.45, 2.75) is 12.1 Å². The van der Waals surface area contributed by atoms with Crippen LogP contribution >= 0.6 is 12.4 Å². The highest BCUT2D eigenvalue weighted by atomic mass is 35.5. The van der Waals surface area contributed by atoms with Gasteiger partial charge >= 0.3 is 0 Å². The van der Waals surface area contributed by atoms with Crippen LogP contribution in [0.25, 0.3) is 0 Å². The molecular weight excluding hydrogens is 230 g/mol. The molecule has 0 aromatic carbocycles. The minimum absolute atomic E-state index is 0. The summed E-state index contributed by atoms with van der Waals surface area (Å²) >= 11 is 0. The molecule has 86 valence electrons. The van der Waals surface area contributed by atoms with E-state index in [-0.39, 0.29) is 30.0 Å². The highest BCUT2D eigenvalue weighted by Crippen LogP contribution is 2.11. The number of methoxy groups -OCH3 is 1. The second kappa shape index (κ2) is 5.87. The maximum absolute atomic E-state index is 11.1. The van der Waals surface area contributed by atoms with Gasteiger partial charge in [-0.2, -0.15) is 0 Å². The van der Waals surface area contributed by atoms with Crippen LogP contribution in [0.15, 0.2) is 0 Å². The SMILES string of the molecule is COCCNC1CS(=O)(=O)CC1O.Cl. The molecule has 2 N–H and O–H groups in total. The number of ether oxygens (including phenoxy) is 1. The highest BCUT2D eigenvalue weighted by Gasteiger charge is 2.35. The van der Waals surface area contributed by atoms with Gasteiger partial charge in [0, 0.05) is 19.7 Å². The maximum atomic E-state index is 11.1. The molecule has 1 saturated heterocycles. The summed E-state index contributed by atoms with van der Waals surface area (Å²) in [4.78, 5) is 0. The summed E-state index contributed by atoms with van der Waals surface area (Å²) in [5, 5.41) is 12.3. The van der Waals surface area contributed by atoms with E-state index < -0.39 is 15.9 Å². The van der Waals surface area contributed by atoms with E-state index in [1.165, 1.54) is 0 Å². The predicted octanol–water partition coefficient (Wildman–Crippen LogP) is -1.20. The van der Waals surface area contributed by atoms with Crippen LogP contribution < -0.4 is 5.32 Å². The molecule has 14 heavy (non-hydrogen) atoms. The Morgan fingerprint density at radius 1 is 1.50 bits per heavy atom. The van der Waals surface area contributed by atoms with Crippen LogP contribution in [0.3, 0.4) is 0 Å². The number of hydrogen-bond donors (Lipinski definition) is 2. The van der Waals surface area contributed by atoms with E-state index in [2.05, 4.69) is 5.32 Å². The van der Waals surface area contributed by atoms with Crippen molar-refractivity contribution in [1.82, 2.24) is 5.32 Å². The zero-order valence-electron chi connectivity index (χ0n) is 7.97. The van der Waals surface area contributed by atoms with Crippen LogP contribution in [0.2, 0.25) is 0 Å². The Morgan fingerprint density at radius 2 is 2.14 bits per heavy atom. The molecule has 0 amide bonds. The van der Waals surface area contributed by atoms with Gasteiger partial charge in [0.25, 0.3) is 0 Å². The van der Waals surface area contributed by atoms with E-state index in [0.717, 1.165) is 0 Å². The summed E-state index contributed by atoms with van der Waals surface area (Å²) in [6, 6.07) is -0.333. The van der Waals surface area contributed by atoms with Crippen molar-refractivity contribution in [2.75, 3.05) is 31.8 Å². The number of sulfone groups is 1. The van der Waals surface area contributed by atoms with Crippen molar-refractivity contribution >= 4 is 22.2 Å². The Labute approximate surface area is 90.2 Å². The molecule has 7 heteroatoms. The predicted molar refractivity (Wildman–Crippen MR) is 55.6 cm³/mol. The third kappa shape index (κ3) is 4.10. The minimum atomic E-state index is -3.04. The first kappa shape index (κ1) is 14.1. The van der Waals surface area contributed by atoms with Crippen molar-refractivity contribution in [3.05, 3.63) is 0 Å². The summed E-state index contributed by atoms with van der Waals surface area (Å²) in [7, 11) is -1.46. The van der Waals surface area contributed by atoms with Gasteiger partial charge in [0.1, 0.15) is 0 Å². The molecule has 0 radical (unpaired) electrons. The van der Waals surface area contributed by atoms with Gasteiger partial charge in [-0.3, -0.25) is 0 Å². The van der Waals surface area contributed by atoms with Crippen LogP contribution in [0.4, 0.5) is 0 Å². The van der Waals surface area contributed by atoms with E-state index in [4.69, 9.17) is 4.74 Å². The van der Waals surface area contributed by atoms with Crippen LogP contribution in [0, 0.1) is 0 Å². The first-order chi connectivity index (χ1) is 6.05. The van der Waals surface area contributed by atoms with Crippen LogP contribution in [-0.2, 0) is 14.6 Å². The highest BCUT2D eigenvalue weighted by molar-refractivity contribution is 7.91. The molecule has 0 bridgehead atoms. The van der Waals surface area contributed by atoms with Gasteiger partial charge in [-0.25, -0.2) is 8.42 Å². The van der Waals surface area contributed by atoms with Gasteiger partial charge in [-0.05, 0) is 0 Å². The minimum Gasteiger partial charge on any atom is -0.390 e. The van der Waals surface area contributed by atoms with Gasteiger partial charge in [-0.1, -0.05) is 0 Å². The summed E-state index contributed by atoms with van der Waals surface area (Å²) < 4.78 is 26.9. The number of aliphatic hydroxyl groups is 1. The van der Waals surface area contributed by atoms with Gasteiger partial charge in [0.15, 0.2) is 9.84 Å². The molecule has 2 unspecified atom stereocenters. The number of hydrogen-bond acceptors (Lipinski definition) is 5. The zero-order valence-corrected chi connectivity index (χ0v) is 9.60. The van der Waals surface area contributed by atoms with E-state index in [1.807, 2.05) is 0 Å². The molecule has 2 atom stereocenters. The average molecular weight is 246 g/mol. The van der Waals surface area contributed by atoms with E-state index >= 15 is 0 Å². The Balaban J connectivity index is 0.00000169. The fourth-order valence-corrected chi connectivity index (χ4v) is 3.15. The van der Waals surface area contributed by atoms with E-state index in [9.17, 15) is 13.5 Å². The van der Waals surface area contributed by atoms with Gasteiger partial charge in [-0.15, -0.1) is 12.4 Å². The van der Waals surface area contributed by atoms with Crippen LogP contribution in [-0.4, -0.2) is 57.4 Å². The lowest BCUT2D eigenvalue weighted by molar-refractivity contribution is 0.151. The van der Waals surface area contributed by atoms with Crippen molar-refractivity contribution in [3.63, 3.8) is 0 Å². The smallest absolute Gasteiger partial charge is 0.154 e. The quantitative estimate of drug-likeness (QED) is 0.609. The number of halogens is 1. The molecule has 5 nitrogen and oxygen atoms in total. The number of nitrogens with one attached hydrogen (secondary N) is 1. The van der Waals surface area contributed by atoms with Crippen molar-refractivity contribution in [2.24, 2.45) is 0 Å². The summed E-state index contributed by atoms with van der Waals surface area (Å²) in [5.41, 5.74) is 0. The molecule has 0 aliphatic carbocycles. The van der Waals surface area contributed by atoms with Gasteiger partial charge < -0.3 is 15.2 Å².